The average molecular weight is 417 g/mol. The third kappa shape index (κ3) is 7.42. The number of amides is 2. The van der Waals surface area contributed by atoms with E-state index in [1.165, 1.54) is 4.90 Å². The molecule has 0 aliphatic rings. The molecule has 0 saturated carbocycles. The molecule has 2 aromatic carbocycles. The van der Waals surface area contributed by atoms with Crippen LogP contribution in [0.1, 0.15) is 38.8 Å². The molecule has 0 aromatic heterocycles. The van der Waals surface area contributed by atoms with Crippen molar-refractivity contribution in [2.75, 3.05) is 6.61 Å². The molecule has 1 N–H and O–H groups in total. The number of halogens is 1. The lowest BCUT2D eigenvalue weighted by atomic mass is 10.1. The fourth-order valence-corrected chi connectivity index (χ4v) is 2.91. The van der Waals surface area contributed by atoms with Crippen LogP contribution in [0.2, 0.25) is 5.02 Å². The lowest BCUT2D eigenvalue weighted by Crippen LogP contribution is -2.53. The normalized spacial score (nSPS) is 12.2. The Bertz CT molecular complexity index is 844. The molecule has 0 bridgehead atoms. The second-order valence-electron chi connectivity index (χ2n) is 8.17. The molecule has 6 heteroatoms. The first-order valence-corrected chi connectivity index (χ1v) is 9.98. The summed E-state index contributed by atoms with van der Waals surface area (Å²) in [7, 11) is 0. The Kier molecular flexibility index (Phi) is 7.68. The molecule has 0 heterocycles. The summed E-state index contributed by atoms with van der Waals surface area (Å²) in [6, 6.07) is 14.1. The van der Waals surface area contributed by atoms with E-state index in [0.29, 0.717) is 17.3 Å². The van der Waals surface area contributed by atoms with Gasteiger partial charge in [-0.15, -0.1) is 0 Å². The number of benzene rings is 2. The number of ether oxygens (including phenoxy) is 1. The largest absolute Gasteiger partial charge is 0.484 e. The molecular weight excluding hydrogens is 388 g/mol. The van der Waals surface area contributed by atoms with Crippen LogP contribution >= 0.6 is 11.6 Å². The van der Waals surface area contributed by atoms with Crippen LogP contribution in [0.4, 0.5) is 0 Å². The smallest absolute Gasteiger partial charge is 0.261 e. The number of carbonyl (C=O) groups is 2. The molecule has 0 aliphatic carbocycles. The summed E-state index contributed by atoms with van der Waals surface area (Å²) in [5.74, 6) is 0.0239. The maximum Gasteiger partial charge on any atom is 0.261 e. The second kappa shape index (κ2) is 9.79. The van der Waals surface area contributed by atoms with E-state index in [9.17, 15) is 9.59 Å². The van der Waals surface area contributed by atoms with Gasteiger partial charge < -0.3 is 15.0 Å². The summed E-state index contributed by atoms with van der Waals surface area (Å²) >= 11 is 5.97. The Hall–Kier alpha value is -2.53. The van der Waals surface area contributed by atoms with Gasteiger partial charge in [0.05, 0.1) is 0 Å². The standard InChI is InChI=1S/C23H29ClN2O3/c1-16-9-11-18(12-10-16)14-26(17(2)22(28)25-23(3,4)5)21(27)15-29-20-8-6-7-19(24)13-20/h6-13,17H,14-15H2,1-5H3,(H,25,28)/t17-/m0/s1. The number of nitrogens with zero attached hydrogens (tertiary/aromatic N) is 1. The topological polar surface area (TPSA) is 58.6 Å². The van der Waals surface area contributed by atoms with E-state index < -0.39 is 6.04 Å². The lowest BCUT2D eigenvalue weighted by Gasteiger charge is -2.31. The van der Waals surface area contributed by atoms with Crippen molar-refractivity contribution in [3.63, 3.8) is 0 Å². The number of hydrogen-bond donors (Lipinski definition) is 1. The minimum absolute atomic E-state index is 0.181. The van der Waals surface area contributed by atoms with Crippen LogP contribution < -0.4 is 10.1 Å². The van der Waals surface area contributed by atoms with E-state index in [0.717, 1.165) is 11.1 Å². The zero-order valence-corrected chi connectivity index (χ0v) is 18.4. The molecule has 5 nitrogen and oxygen atoms in total. The van der Waals surface area contributed by atoms with Crippen molar-refractivity contribution in [1.82, 2.24) is 10.2 Å². The highest BCUT2D eigenvalue weighted by molar-refractivity contribution is 6.30. The molecule has 0 saturated heterocycles. The predicted molar refractivity (Wildman–Crippen MR) is 116 cm³/mol. The van der Waals surface area contributed by atoms with Gasteiger partial charge in [0, 0.05) is 17.1 Å². The molecule has 2 aromatic rings. The first kappa shape index (κ1) is 22.8. The first-order valence-electron chi connectivity index (χ1n) is 9.60. The number of carbonyl (C=O) groups excluding carboxylic acids is 2. The van der Waals surface area contributed by atoms with E-state index in [1.54, 1.807) is 31.2 Å². The fourth-order valence-electron chi connectivity index (χ4n) is 2.73. The van der Waals surface area contributed by atoms with Gasteiger partial charge in [-0.2, -0.15) is 0 Å². The first-order chi connectivity index (χ1) is 13.5. The molecule has 0 spiro atoms. The van der Waals surface area contributed by atoms with Crippen molar-refractivity contribution < 1.29 is 14.3 Å². The molecule has 0 aliphatic heterocycles. The van der Waals surface area contributed by atoms with Crippen LogP contribution in [0.15, 0.2) is 48.5 Å². The molecule has 2 rings (SSSR count). The van der Waals surface area contributed by atoms with Gasteiger partial charge in [-0.05, 0) is 58.4 Å². The van der Waals surface area contributed by atoms with Crippen molar-refractivity contribution in [3.8, 4) is 5.75 Å². The number of nitrogens with one attached hydrogen (secondary N) is 1. The van der Waals surface area contributed by atoms with Crippen molar-refractivity contribution in [2.24, 2.45) is 0 Å². The molecule has 0 unspecified atom stereocenters. The Morgan fingerprint density at radius 2 is 1.79 bits per heavy atom. The van der Waals surface area contributed by atoms with Crippen molar-refractivity contribution in [3.05, 3.63) is 64.7 Å². The Morgan fingerprint density at radius 3 is 2.38 bits per heavy atom. The molecule has 0 fully saturated rings. The number of aryl methyl sites for hydroxylation is 1. The van der Waals surface area contributed by atoms with Gasteiger partial charge >= 0.3 is 0 Å². The van der Waals surface area contributed by atoms with Gasteiger partial charge in [0.15, 0.2) is 6.61 Å². The van der Waals surface area contributed by atoms with Crippen molar-refractivity contribution >= 4 is 23.4 Å². The second-order valence-corrected chi connectivity index (χ2v) is 8.60. The molecule has 1 atom stereocenters. The summed E-state index contributed by atoms with van der Waals surface area (Å²) in [4.78, 5) is 27.2. The van der Waals surface area contributed by atoms with Crippen LogP contribution in [-0.2, 0) is 16.1 Å². The van der Waals surface area contributed by atoms with Gasteiger partial charge in [-0.25, -0.2) is 0 Å². The maximum absolute atomic E-state index is 13.0. The lowest BCUT2D eigenvalue weighted by molar-refractivity contribution is -0.142. The van der Waals surface area contributed by atoms with E-state index in [2.05, 4.69) is 5.32 Å². The zero-order chi connectivity index (χ0) is 21.6. The minimum atomic E-state index is -0.647. The Morgan fingerprint density at radius 1 is 1.14 bits per heavy atom. The van der Waals surface area contributed by atoms with Crippen LogP contribution in [0, 0.1) is 6.92 Å². The van der Waals surface area contributed by atoms with Gasteiger partial charge in [0.1, 0.15) is 11.8 Å². The van der Waals surface area contributed by atoms with Gasteiger partial charge in [-0.1, -0.05) is 47.5 Å². The maximum atomic E-state index is 13.0. The minimum Gasteiger partial charge on any atom is -0.484 e. The van der Waals surface area contributed by atoms with E-state index in [-0.39, 0.29) is 24.0 Å². The monoisotopic (exact) mass is 416 g/mol. The van der Waals surface area contributed by atoms with Gasteiger partial charge in [0.25, 0.3) is 5.91 Å². The number of hydrogen-bond acceptors (Lipinski definition) is 3. The SMILES string of the molecule is Cc1ccc(CN(C(=O)COc2cccc(Cl)c2)[C@@H](C)C(=O)NC(C)(C)C)cc1. The summed E-state index contributed by atoms with van der Waals surface area (Å²) in [6.07, 6.45) is 0. The zero-order valence-electron chi connectivity index (χ0n) is 17.7. The van der Waals surface area contributed by atoms with Crippen LogP contribution in [0.5, 0.6) is 5.75 Å². The molecule has 0 radical (unpaired) electrons. The van der Waals surface area contributed by atoms with E-state index >= 15 is 0 Å². The van der Waals surface area contributed by atoms with Crippen LogP contribution in [0.25, 0.3) is 0 Å². The highest BCUT2D eigenvalue weighted by Gasteiger charge is 2.28. The van der Waals surface area contributed by atoms with Gasteiger partial charge in [-0.3, -0.25) is 9.59 Å². The molecule has 156 valence electrons. The molecule has 29 heavy (non-hydrogen) atoms. The van der Waals surface area contributed by atoms with E-state index in [4.69, 9.17) is 16.3 Å². The summed E-state index contributed by atoms with van der Waals surface area (Å²) < 4.78 is 5.61. The summed E-state index contributed by atoms with van der Waals surface area (Å²) in [5, 5.41) is 3.47. The number of rotatable bonds is 7. The van der Waals surface area contributed by atoms with Crippen molar-refractivity contribution in [1.29, 1.82) is 0 Å². The molecular formula is C23H29ClN2O3. The Labute approximate surface area is 178 Å². The summed E-state index contributed by atoms with van der Waals surface area (Å²) in [6.45, 7) is 9.59. The van der Waals surface area contributed by atoms with Crippen LogP contribution in [0.3, 0.4) is 0 Å². The summed E-state index contributed by atoms with van der Waals surface area (Å²) in [5.41, 5.74) is 1.69. The highest BCUT2D eigenvalue weighted by atomic mass is 35.5. The van der Waals surface area contributed by atoms with Crippen LogP contribution in [-0.4, -0.2) is 34.9 Å². The fraction of sp³-hybridized carbons (Fsp3) is 0.391. The third-order valence-electron chi connectivity index (χ3n) is 4.30. The Balaban J connectivity index is 2.16. The highest BCUT2D eigenvalue weighted by Crippen LogP contribution is 2.18. The average Bonchev–Trinajstić information content (AvgIpc) is 2.64. The third-order valence-corrected chi connectivity index (χ3v) is 4.53. The molecule has 2 amide bonds. The predicted octanol–water partition coefficient (Wildman–Crippen LogP) is 4.36. The van der Waals surface area contributed by atoms with Crippen molar-refractivity contribution in [2.45, 2.75) is 52.7 Å². The van der Waals surface area contributed by atoms with E-state index in [1.807, 2.05) is 52.0 Å². The van der Waals surface area contributed by atoms with Gasteiger partial charge in [0.2, 0.25) is 5.91 Å². The quantitative estimate of drug-likeness (QED) is 0.729.